The summed E-state index contributed by atoms with van der Waals surface area (Å²) in [6, 6.07) is 22.3. The standard InChI is InChI=1S/C23H17ClN4S/c1-14(27-28-18-10-11-25-20-13-16(24)7-8-17(18)20)15-6-9-23-21(12-15)26-19-4-2-3-5-22(19)29-23/h2-13,26H,1H3,(H,25,28)/b27-14+. The van der Waals surface area contributed by atoms with Crippen LogP contribution in [0.3, 0.4) is 0 Å². The normalized spacial score (nSPS) is 12.8. The van der Waals surface area contributed by atoms with E-state index in [0.29, 0.717) is 5.02 Å². The van der Waals surface area contributed by atoms with Crippen LogP contribution in [0.2, 0.25) is 5.02 Å². The molecule has 0 fully saturated rings. The van der Waals surface area contributed by atoms with E-state index >= 15 is 0 Å². The summed E-state index contributed by atoms with van der Waals surface area (Å²) in [6.07, 6.45) is 1.75. The van der Waals surface area contributed by atoms with E-state index in [2.05, 4.69) is 57.2 Å². The molecule has 0 spiro atoms. The van der Waals surface area contributed by atoms with Gasteiger partial charge < -0.3 is 5.32 Å². The van der Waals surface area contributed by atoms with Gasteiger partial charge >= 0.3 is 0 Å². The third kappa shape index (κ3) is 3.55. The van der Waals surface area contributed by atoms with Crippen molar-refractivity contribution < 1.29 is 0 Å². The van der Waals surface area contributed by atoms with Gasteiger partial charge in [0.2, 0.25) is 0 Å². The van der Waals surface area contributed by atoms with E-state index in [-0.39, 0.29) is 0 Å². The minimum Gasteiger partial charge on any atom is -0.354 e. The zero-order valence-corrected chi connectivity index (χ0v) is 17.2. The molecule has 142 valence electrons. The number of rotatable bonds is 3. The summed E-state index contributed by atoms with van der Waals surface area (Å²) >= 11 is 7.85. The molecule has 0 aliphatic carbocycles. The van der Waals surface area contributed by atoms with Crippen LogP contribution in [-0.2, 0) is 0 Å². The molecule has 4 nitrogen and oxygen atoms in total. The Bertz CT molecular complexity index is 1270. The SMILES string of the molecule is C/C(=N\Nc1ccnc2cc(Cl)ccc12)c1ccc2c(c1)Nc1ccccc1S2. The largest absolute Gasteiger partial charge is 0.354 e. The number of aromatic nitrogens is 1. The van der Waals surface area contributed by atoms with Gasteiger partial charge in [0.05, 0.1) is 28.3 Å². The average Bonchev–Trinajstić information content (AvgIpc) is 2.75. The molecule has 2 heterocycles. The molecule has 29 heavy (non-hydrogen) atoms. The summed E-state index contributed by atoms with van der Waals surface area (Å²) in [5, 5.41) is 9.77. The van der Waals surface area contributed by atoms with Crippen molar-refractivity contribution in [1.29, 1.82) is 0 Å². The maximum atomic E-state index is 6.07. The van der Waals surface area contributed by atoms with Gasteiger partial charge in [-0.15, -0.1) is 0 Å². The number of fused-ring (bicyclic) bond motifs is 3. The lowest BCUT2D eigenvalue weighted by Gasteiger charge is -2.21. The first-order valence-electron chi connectivity index (χ1n) is 9.20. The van der Waals surface area contributed by atoms with Crippen LogP contribution in [0, 0.1) is 0 Å². The lowest BCUT2D eigenvalue weighted by atomic mass is 10.1. The van der Waals surface area contributed by atoms with Crippen LogP contribution in [0.5, 0.6) is 0 Å². The fourth-order valence-electron chi connectivity index (χ4n) is 3.29. The maximum Gasteiger partial charge on any atom is 0.0738 e. The van der Waals surface area contributed by atoms with Gasteiger partial charge in [-0.3, -0.25) is 10.4 Å². The smallest absolute Gasteiger partial charge is 0.0738 e. The molecule has 0 saturated carbocycles. The predicted octanol–water partition coefficient (Wildman–Crippen LogP) is 6.93. The van der Waals surface area contributed by atoms with Crippen molar-refractivity contribution in [2.24, 2.45) is 5.10 Å². The summed E-state index contributed by atoms with van der Waals surface area (Å²) in [6.45, 7) is 2.00. The van der Waals surface area contributed by atoms with Crippen LogP contribution in [0.25, 0.3) is 10.9 Å². The predicted molar refractivity (Wildman–Crippen MR) is 123 cm³/mol. The van der Waals surface area contributed by atoms with Crippen LogP contribution < -0.4 is 10.7 Å². The highest BCUT2D eigenvalue weighted by Crippen LogP contribution is 2.44. The highest BCUT2D eigenvalue weighted by molar-refractivity contribution is 7.99. The monoisotopic (exact) mass is 416 g/mol. The molecule has 0 bridgehead atoms. The zero-order valence-electron chi connectivity index (χ0n) is 15.6. The molecular weight excluding hydrogens is 400 g/mol. The molecule has 4 aromatic rings. The molecule has 0 unspecified atom stereocenters. The molecule has 5 rings (SSSR count). The van der Waals surface area contributed by atoms with Crippen molar-refractivity contribution in [2.45, 2.75) is 16.7 Å². The van der Waals surface area contributed by atoms with Crippen molar-refractivity contribution in [1.82, 2.24) is 4.98 Å². The van der Waals surface area contributed by atoms with Gasteiger partial charge in [0.15, 0.2) is 0 Å². The summed E-state index contributed by atoms with van der Waals surface area (Å²) < 4.78 is 0. The van der Waals surface area contributed by atoms with Gasteiger partial charge in [-0.2, -0.15) is 5.10 Å². The van der Waals surface area contributed by atoms with Crippen molar-refractivity contribution >= 4 is 57.0 Å². The Balaban J connectivity index is 1.42. The number of hydrogen-bond acceptors (Lipinski definition) is 5. The van der Waals surface area contributed by atoms with Gasteiger partial charge in [0, 0.05) is 26.4 Å². The second-order valence-corrected chi connectivity index (χ2v) is 8.28. The Morgan fingerprint density at radius 3 is 2.79 bits per heavy atom. The van der Waals surface area contributed by atoms with Crippen LogP contribution >= 0.6 is 23.4 Å². The van der Waals surface area contributed by atoms with Crippen LogP contribution in [0.1, 0.15) is 12.5 Å². The topological polar surface area (TPSA) is 49.3 Å². The first kappa shape index (κ1) is 18.0. The fourth-order valence-corrected chi connectivity index (χ4v) is 4.43. The molecular formula is C23H17ClN4S. The van der Waals surface area contributed by atoms with Crippen LogP contribution in [-0.4, -0.2) is 10.7 Å². The van der Waals surface area contributed by atoms with Crippen molar-refractivity contribution in [3.05, 3.63) is 83.5 Å². The number of nitrogens with one attached hydrogen (secondary N) is 2. The van der Waals surface area contributed by atoms with E-state index in [9.17, 15) is 0 Å². The van der Waals surface area contributed by atoms with Gasteiger partial charge in [0.25, 0.3) is 0 Å². The van der Waals surface area contributed by atoms with Crippen LogP contribution in [0.4, 0.5) is 17.1 Å². The maximum absolute atomic E-state index is 6.07. The van der Waals surface area contributed by atoms with E-state index in [1.807, 2.05) is 37.3 Å². The number of halogens is 1. The molecule has 0 atom stereocenters. The van der Waals surface area contributed by atoms with Crippen molar-refractivity contribution in [3.8, 4) is 0 Å². The quantitative estimate of drug-likeness (QED) is 0.247. The van der Waals surface area contributed by atoms with E-state index in [4.69, 9.17) is 11.6 Å². The van der Waals surface area contributed by atoms with E-state index in [1.54, 1.807) is 18.0 Å². The number of para-hydroxylation sites is 1. The minimum absolute atomic E-state index is 0.669. The first-order chi connectivity index (χ1) is 14.2. The minimum atomic E-state index is 0.669. The molecule has 6 heteroatoms. The Morgan fingerprint density at radius 2 is 1.86 bits per heavy atom. The van der Waals surface area contributed by atoms with Gasteiger partial charge in [-0.05, 0) is 61.0 Å². The molecule has 3 aromatic carbocycles. The third-order valence-electron chi connectivity index (χ3n) is 4.82. The lowest BCUT2D eigenvalue weighted by molar-refractivity contribution is 1.29. The van der Waals surface area contributed by atoms with Gasteiger partial charge in [0.1, 0.15) is 0 Å². The molecule has 1 aliphatic heterocycles. The van der Waals surface area contributed by atoms with Crippen molar-refractivity contribution in [2.75, 3.05) is 10.7 Å². The lowest BCUT2D eigenvalue weighted by Crippen LogP contribution is -2.04. The van der Waals surface area contributed by atoms with E-state index in [0.717, 1.165) is 39.2 Å². The second kappa shape index (κ2) is 7.43. The molecule has 1 aliphatic rings. The Labute approximate surface area is 178 Å². The molecule has 0 amide bonds. The van der Waals surface area contributed by atoms with Crippen molar-refractivity contribution in [3.63, 3.8) is 0 Å². The summed E-state index contributed by atoms with van der Waals surface area (Å²) in [4.78, 5) is 6.82. The summed E-state index contributed by atoms with van der Waals surface area (Å²) in [7, 11) is 0. The number of anilines is 3. The average molecular weight is 417 g/mol. The number of hydrogen-bond donors (Lipinski definition) is 2. The number of pyridine rings is 1. The number of hydrazone groups is 1. The molecule has 2 N–H and O–H groups in total. The second-order valence-electron chi connectivity index (χ2n) is 6.76. The molecule has 0 saturated heterocycles. The van der Waals surface area contributed by atoms with E-state index in [1.165, 1.54) is 9.79 Å². The van der Waals surface area contributed by atoms with Gasteiger partial charge in [-0.1, -0.05) is 41.6 Å². The number of benzene rings is 3. The zero-order chi connectivity index (χ0) is 19.8. The molecule has 1 aromatic heterocycles. The summed E-state index contributed by atoms with van der Waals surface area (Å²) in [5.41, 5.74) is 9.11. The third-order valence-corrected chi connectivity index (χ3v) is 6.21. The first-order valence-corrected chi connectivity index (χ1v) is 10.4. The number of nitrogens with zero attached hydrogens (tertiary/aromatic N) is 2. The molecule has 0 radical (unpaired) electrons. The Morgan fingerprint density at radius 1 is 1.00 bits per heavy atom. The Kier molecular flexibility index (Phi) is 4.62. The van der Waals surface area contributed by atoms with E-state index < -0.39 is 0 Å². The van der Waals surface area contributed by atoms with Gasteiger partial charge in [-0.25, -0.2) is 0 Å². The van der Waals surface area contributed by atoms with Crippen LogP contribution in [0.15, 0.2) is 87.8 Å². The highest BCUT2D eigenvalue weighted by Gasteiger charge is 2.15. The fraction of sp³-hybridized carbons (Fsp3) is 0.0435. The Hall–Kier alpha value is -3.02. The highest BCUT2D eigenvalue weighted by atomic mass is 35.5. The summed E-state index contributed by atoms with van der Waals surface area (Å²) in [5.74, 6) is 0.